The first-order valence-corrected chi connectivity index (χ1v) is 10.5. The SMILES string of the molecule is C#CCNS(=O)(=O)c1cccc(C(=O)N[C@@H]2C[C@H]2c2cccc(OCC)c2)c1. The first-order valence-electron chi connectivity index (χ1n) is 9.01. The normalized spacial score (nSPS) is 18.1. The van der Waals surface area contributed by atoms with Gasteiger partial charge in [0.1, 0.15) is 5.75 Å². The average Bonchev–Trinajstić information content (AvgIpc) is 3.46. The summed E-state index contributed by atoms with van der Waals surface area (Å²) >= 11 is 0. The molecule has 2 aromatic rings. The molecular weight excluding hydrogens is 376 g/mol. The Labute approximate surface area is 165 Å². The fraction of sp³-hybridized carbons (Fsp3) is 0.286. The van der Waals surface area contributed by atoms with Crippen LogP contribution in [-0.2, 0) is 10.0 Å². The summed E-state index contributed by atoms with van der Waals surface area (Å²) in [5.41, 5.74) is 1.41. The zero-order valence-corrected chi connectivity index (χ0v) is 16.3. The third-order valence-electron chi connectivity index (χ3n) is 4.47. The molecule has 1 aliphatic carbocycles. The third-order valence-corrected chi connectivity index (χ3v) is 5.87. The number of ether oxygens (including phenoxy) is 1. The predicted molar refractivity (Wildman–Crippen MR) is 107 cm³/mol. The highest BCUT2D eigenvalue weighted by Crippen LogP contribution is 2.41. The molecular formula is C21H22N2O4S. The molecule has 0 aliphatic heterocycles. The van der Waals surface area contributed by atoms with Gasteiger partial charge >= 0.3 is 0 Å². The van der Waals surface area contributed by atoms with Gasteiger partial charge in [0.2, 0.25) is 10.0 Å². The summed E-state index contributed by atoms with van der Waals surface area (Å²) in [7, 11) is -3.74. The molecule has 0 aromatic heterocycles. The van der Waals surface area contributed by atoms with Crippen LogP contribution in [0.25, 0.3) is 0 Å². The van der Waals surface area contributed by atoms with Gasteiger partial charge in [-0.15, -0.1) is 6.42 Å². The number of amides is 1. The predicted octanol–water partition coefficient (Wildman–Crippen LogP) is 2.28. The summed E-state index contributed by atoms with van der Waals surface area (Å²) < 4.78 is 32.1. The summed E-state index contributed by atoms with van der Waals surface area (Å²) in [6, 6.07) is 13.8. The molecule has 7 heteroatoms. The van der Waals surface area contributed by atoms with Crippen molar-refractivity contribution in [1.82, 2.24) is 10.0 Å². The molecule has 6 nitrogen and oxygen atoms in total. The number of benzene rings is 2. The molecule has 146 valence electrons. The van der Waals surface area contributed by atoms with Gasteiger partial charge in [-0.3, -0.25) is 4.79 Å². The van der Waals surface area contributed by atoms with Crippen LogP contribution in [0.5, 0.6) is 5.75 Å². The van der Waals surface area contributed by atoms with Gasteiger partial charge in [-0.25, -0.2) is 8.42 Å². The molecule has 2 N–H and O–H groups in total. The van der Waals surface area contributed by atoms with Crippen molar-refractivity contribution in [3.8, 4) is 18.1 Å². The second-order valence-corrected chi connectivity index (χ2v) is 8.25. The van der Waals surface area contributed by atoms with Crippen LogP contribution in [-0.4, -0.2) is 33.5 Å². The van der Waals surface area contributed by atoms with Crippen LogP contribution in [0.1, 0.15) is 35.2 Å². The van der Waals surface area contributed by atoms with Gasteiger partial charge < -0.3 is 10.1 Å². The van der Waals surface area contributed by atoms with E-state index in [1.165, 1.54) is 18.2 Å². The van der Waals surface area contributed by atoms with Gasteiger partial charge in [0.25, 0.3) is 5.91 Å². The quantitative estimate of drug-likeness (QED) is 0.668. The zero-order chi connectivity index (χ0) is 20.1. The van der Waals surface area contributed by atoms with Crippen molar-refractivity contribution in [2.45, 2.75) is 30.2 Å². The second kappa shape index (κ2) is 8.46. The van der Waals surface area contributed by atoms with E-state index in [1.54, 1.807) is 6.07 Å². The summed E-state index contributed by atoms with van der Waals surface area (Å²) in [5.74, 6) is 2.96. The highest BCUT2D eigenvalue weighted by Gasteiger charge is 2.39. The molecule has 0 radical (unpaired) electrons. The number of hydrogen-bond acceptors (Lipinski definition) is 4. The van der Waals surface area contributed by atoms with Crippen LogP contribution in [0.3, 0.4) is 0 Å². The Morgan fingerprint density at radius 1 is 1.25 bits per heavy atom. The fourth-order valence-electron chi connectivity index (χ4n) is 3.00. The molecule has 0 heterocycles. The van der Waals surface area contributed by atoms with E-state index in [1.807, 2.05) is 31.2 Å². The average molecular weight is 398 g/mol. The molecule has 1 aliphatic rings. The molecule has 0 spiro atoms. The molecule has 0 saturated heterocycles. The maximum Gasteiger partial charge on any atom is 0.251 e. The number of nitrogens with one attached hydrogen (secondary N) is 2. The Bertz CT molecular complexity index is 1010. The van der Waals surface area contributed by atoms with Crippen molar-refractivity contribution in [1.29, 1.82) is 0 Å². The number of carbonyl (C=O) groups excluding carboxylic acids is 1. The van der Waals surface area contributed by atoms with Gasteiger partial charge in [0.15, 0.2) is 0 Å². The lowest BCUT2D eigenvalue weighted by atomic mass is 10.1. The molecule has 1 amide bonds. The van der Waals surface area contributed by atoms with E-state index < -0.39 is 10.0 Å². The lowest BCUT2D eigenvalue weighted by Gasteiger charge is -2.09. The topological polar surface area (TPSA) is 84.5 Å². The minimum Gasteiger partial charge on any atom is -0.494 e. The molecule has 3 rings (SSSR count). The van der Waals surface area contributed by atoms with Crippen LogP contribution in [0.4, 0.5) is 0 Å². The first-order chi connectivity index (χ1) is 13.4. The van der Waals surface area contributed by atoms with Gasteiger partial charge in [0.05, 0.1) is 18.0 Å². The Morgan fingerprint density at radius 3 is 2.79 bits per heavy atom. The minimum absolute atomic E-state index is 0.00663. The van der Waals surface area contributed by atoms with Crippen LogP contribution in [0.2, 0.25) is 0 Å². The standard InChI is InChI=1S/C21H22N2O4S/c1-3-11-22-28(25,26)18-10-6-8-16(13-18)21(24)23-20-14-19(20)15-7-5-9-17(12-15)27-4-2/h1,5-10,12-13,19-20,22H,4,11,14H2,2H3,(H,23,24)/t19-,20+/m0/s1. The smallest absolute Gasteiger partial charge is 0.251 e. The van der Waals surface area contributed by atoms with E-state index in [4.69, 9.17) is 11.2 Å². The Kier molecular flexibility index (Phi) is 6.02. The second-order valence-electron chi connectivity index (χ2n) is 6.48. The monoisotopic (exact) mass is 398 g/mol. The highest BCUT2D eigenvalue weighted by molar-refractivity contribution is 7.89. The third kappa shape index (κ3) is 4.71. The lowest BCUT2D eigenvalue weighted by molar-refractivity contribution is 0.0950. The van der Waals surface area contributed by atoms with Crippen LogP contribution in [0.15, 0.2) is 53.4 Å². The van der Waals surface area contributed by atoms with Crippen molar-refractivity contribution in [2.24, 2.45) is 0 Å². The van der Waals surface area contributed by atoms with Crippen molar-refractivity contribution in [3.63, 3.8) is 0 Å². The van der Waals surface area contributed by atoms with Crippen molar-refractivity contribution in [2.75, 3.05) is 13.2 Å². The number of terminal acetylenes is 1. The van der Waals surface area contributed by atoms with E-state index in [0.29, 0.717) is 6.61 Å². The van der Waals surface area contributed by atoms with Gasteiger partial charge in [-0.05, 0) is 49.2 Å². The van der Waals surface area contributed by atoms with Crippen molar-refractivity contribution < 1.29 is 17.9 Å². The molecule has 1 fully saturated rings. The van der Waals surface area contributed by atoms with Gasteiger partial charge in [-0.1, -0.05) is 24.1 Å². The summed E-state index contributed by atoms with van der Waals surface area (Å²) in [6.07, 6.45) is 5.93. The molecule has 2 aromatic carbocycles. The van der Waals surface area contributed by atoms with E-state index >= 15 is 0 Å². The van der Waals surface area contributed by atoms with Gasteiger partial charge in [-0.2, -0.15) is 4.72 Å². The Balaban J connectivity index is 1.66. The zero-order valence-electron chi connectivity index (χ0n) is 15.5. The fourth-order valence-corrected chi connectivity index (χ4v) is 3.98. The number of sulfonamides is 1. The molecule has 0 unspecified atom stereocenters. The first kappa shape index (κ1) is 19.9. The van der Waals surface area contributed by atoms with Crippen molar-refractivity contribution in [3.05, 3.63) is 59.7 Å². The largest absolute Gasteiger partial charge is 0.494 e. The highest BCUT2D eigenvalue weighted by atomic mass is 32.2. The molecule has 0 bridgehead atoms. The Morgan fingerprint density at radius 2 is 2.04 bits per heavy atom. The number of rotatable bonds is 8. The van der Waals surface area contributed by atoms with E-state index in [-0.39, 0.29) is 34.9 Å². The Hall–Kier alpha value is -2.82. The van der Waals surface area contributed by atoms with Crippen LogP contribution >= 0.6 is 0 Å². The van der Waals surface area contributed by atoms with E-state index in [9.17, 15) is 13.2 Å². The number of carbonyl (C=O) groups is 1. The minimum atomic E-state index is -3.74. The molecule has 28 heavy (non-hydrogen) atoms. The maximum atomic E-state index is 12.6. The summed E-state index contributed by atoms with van der Waals surface area (Å²) in [4.78, 5) is 12.6. The maximum absolute atomic E-state index is 12.6. The van der Waals surface area contributed by atoms with Crippen molar-refractivity contribution >= 4 is 15.9 Å². The van der Waals surface area contributed by atoms with E-state index in [2.05, 4.69) is 16.0 Å². The molecule has 2 atom stereocenters. The number of hydrogen-bond donors (Lipinski definition) is 2. The van der Waals surface area contributed by atoms with Crippen LogP contribution < -0.4 is 14.8 Å². The molecule has 1 saturated carbocycles. The van der Waals surface area contributed by atoms with Gasteiger partial charge in [0, 0.05) is 17.5 Å². The van der Waals surface area contributed by atoms with Crippen LogP contribution in [0, 0.1) is 12.3 Å². The summed E-state index contributed by atoms with van der Waals surface area (Å²) in [5, 5.41) is 2.96. The lowest BCUT2D eigenvalue weighted by Crippen LogP contribution is -2.27. The summed E-state index contributed by atoms with van der Waals surface area (Å²) in [6.45, 7) is 2.43. The van der Waals surface area contributed by atoms with E-state index in [0.717, 1.165) is 17.7 Å².